The molecule has 0 aliphatic carbocycles. The minimum absolute atomic E-state index is 0.0536. The number of methoxy groups -OCH3 is 1. The molecule has 6 rings (SSSR count). The van der Waals surface area contributed by atoms with Gasteiger partial charge in [-0.2, -0.15) is 4.98 Å². The maximum atomic E-state index is 14.7. The smallest absolute Gasteiger partial charge is 0.298 e. The Hall–Kier alpha value is -4.02. The third-order valence-corrected chi connectivity index (χ3v) is 11.1. The summed E-state index contributed by atoms with van der Waals surface area (Å²) in [7, 11) is -1.56. The zero-order valence-corrected chi connectivity index (χ0v) is 30.5. The second-order valence-electron chi connectivity index (χ2n) is 14.2. The van der Waals surface area contributed by atoms with E-state index in [1.807, 2.05) is 22.1 Å². The molecule has 3 atom stereocenters. The maximum Gasteiger partial charge on any atom is 0.298 e. The summed E-state index contributed by atoms with van der Waals surface area (Å²) in [4.78, 5) is 33.4. The molecule has 3 aromatic rings. The summed E-state index contributed by atoms with van der Waals surface area (Å²) in [5.74, 6) is 7.35. The highest BCUT2D eigenvalue weighted by Gasteiger charge is 2.35. The van der Waals surface area contributed by atoms with Crippen LogP contribution in [0.4, 0.5) is 27.7 Å². The van der Waals surface area contributed by atoms with Crippen LogP contribution in [-0.2, 0) is 19.4 Å². The minimum atomic E-state index is -3.10. The molecule has 3 aliphatic rings. The summed E-state index contributed by atoms with van der Waals surface area (Å²) >= 11 is 0. The highest BCUT2D eigenvalue weighted by atomic mass is 32.2. The molecule has 0 spiro atoms. The number of rotatable bonds is 9. The summed E-state index contributed by atoms with van der Waals surface area (Å²) in [6.07, 6.45) is 7.63. The number of aromatic nitrogens is 3. The van der Waals surface area contributed by atoms with E-state index < -0.39 is 22.1 Å². The van der Waals surface area contributed by atoms with Crippen LogP contribution in [-0.4, -0.2) is 98.3 Å². The number of piperidine rings is 1. The summed E-state index contributed by atoms with van der Waals surface area (Å²) in [5, 5.41) is 5.36. The first-order valence-electron chi connectivity index (χ1n) is 17.6. The van der Waals surface area contributed by atoms with Crippen molar-refractivity contribution >= 4 is 49.8 Å². The van der Waals surface area contributed by atoms with Crippen molar-refractivity contribution in [1.82, 2.24) is 19.9 Å². The van der Waals surface area contributed by atoms with Gasteiger partial charge in [0.05, 0.1) is 24.4 Å². The normalized spacial score (nSPS) is 21.8. The molecule has 5 heterocycles. The average molecular weight is 706 g/mol. The van der Waals surface area contributed by atoms with Crippen molar-refractivity contribution < 1.29 is 22.3 Å². The fourth-order valence-electron chi connectivity index (χ4n) is 7.78. The van der Waals surface area contributed by atoms with Crippen molar-refractivity contribution in [2.24, 2.45) is 5.92 Å². The lowest BCUT2D eigenvalue weighted by Gasteiger charge is -2.42. The first-order chi connectivity index (χ1) is 24.0. The molecule has 0 radical (unpaired) electrons. The summed E-state index contributed by atoms with van der Waals surface area (Å²) < 4.78 is 44.1. The first-order valence-corrected chi connectivity index (χ1v) is 19.7. The Kier molecular flexibility index (Phi) is 10.8. The largest absolute Gasteiger partial charge is 0.378 e. The molecule has 1 N–H and O–H groups in total. The maximum absolute atomic E-state index is 14.7. The van der Waals surface area contributed by atoms with E-state index in [2.05, 4.69) is 47.0 Å². The van der Waals surface area contributed by atoms with Crippen LogP contribution in [0.25, 0.3) is 10.8 Å². The van der Waals surface area contributed by atoms with Gasteiger partial charge in [-0.05, 0) is 72.7 Å². The number of halogens is 1. The van der Waals surface area contributed by atoms with E-state index in [-0.39, 0.29) is 36.1 Å². The van der Waals surface area contributed by atoms with Crippen LogP contribution in [0.2, 0.25) is 0 Å². The van der Waals surface area contributed by atoms with Crippen molar-refractivity contribution in [3.8, 4) is 11.8 Å². The number of alkyl halides is 1. The van der Waals surface area contributed by atoms with Crippen LogP contribution in [0.15, 0.2) is 30.6 Å². The minimum Gasteiger partial charge on any atom is -0.378 e. The number of nitrogens with zero attached hydrogens (tertiary/aromatic N) is 6. The molecule has 50 heavy (non-hydrogen) atoms. The van der Waals surface area contributed by atoms with E-state index >= 15 is 0 Å². The monoisotopic (exact) mass is 705 g/mol. The van der Waals surface area contributed by atoms with Crippen molar-refractivity contribution in [3.63, 3.8) is 0 Å². The lowest BCUT2D eigenvalue weighted by molar-refractivity contribution is -0.127. The molecule has 3 aliphatic heterocycles. The number of nitrogens with one attached hydrogen (secondary N) is 1. The summed E-state index contributed by atoms with van der Waals surface area (Å²) in [6.45, 7) is 8.69. The Morgan fingerprint density at radius 3 is 2.56 bits per heavy atom. The fourth-order valence-corrected chi connectivity index (χ4v) is 8.84. The molecule has 0 saturated carbocycles. The van der Waals surface area contributed by atoms with Crippen LogP contribution in [0, 0.1) is 17.8 Å². The number of benzene rings is 1. The number of pyridine rings is 1. The SMILES string of the molecule is CC#CC(=O)N1CCCCC[C@H]1c1cc(N2CC(CS(C)(=O)=O)C2)c2cnc(Nc3ccnc(N4CC[C@H](OC)[C@H](F)C4)n3)cc2c1C(C)C. The van der Waals surface area contributed by atoms with Crippen LogP contribution >= 0.6 is 0 Å². The van der Waals surface area contributed by atoms with Gasteiger partial charge >= 0.3 is 0 Å². The van der Waals surface area contributed by atoms with Crippen LogP contribution in [0.1, 0.15) is 76.0 Å². The number of sulfone groups is 1. The standard InChI is InChI=1S/C37H48FN7O4S/c1-6-10-35(46)45-15-9-7-8-11-30(45)27-17-31(44-20-25(21-44)23-50(5,47)48)28-19-40-34(18-26(28)36(27)24(2)3)41-33-12-14-39-37(42-33)43-16-13-32(49-4)29(38)22-43/h12,14,17-19,24-25,29-30,32H,7-9,11,13,15-16,20-23H2,1-5H3,(H,39,40,41,42)/t29-,30+,32+/m1/s1. The van der Waals surface area contributed by atoms with Crippen molar-refractivity contribution in [2.45, 2.75) is 77.1 Å². The molecule has 11 nitrogen and oxygen atoms in total. The molecular formula is C37H48FN7O4S. The molecule has 0 unspecified atom stereocenters. The van der Waals surface area contributed by atoms with Crippen molar-refractivity contribution in [3.05, 3.63) is 41.7 Å². The molecule has 268 valence electrons. The number of ether oxygens (including phenoxy) is 1. The van der Waals surface area contributed by atoms with Crippen molar-refractivity contribution in [1.29, 1.82) is 0 Å². The zero-order valence-electron chi connectivity index (χ0n) is 29.7. The van der Waals surface area contributed by atoms with Gasteiger partial charge in [-0.1, -0.05) is 32.6 Å². The molecule has 0 bridgehead atoms. The Labute approximate surface area is 294 Å². The topological polar surface area (TPSA) is 121 Å². The Morgan fingerprint density at radius 1 is 1.06 bits per heavy atom. The third kappa shape index (κ3) is 7.81. The summed E-state index contributed by atoms with van der Waals surface area (Å²) in [6, 6.07) is 5.89. The van der Waals surface area contributed by atoms with E-state index in [0.717, 1.165) is 53.3 Å². The lowest BCUT2D eigenvalue weighted by Crippen LogP contribution is -2.49. The first kappa shape index (κ1) is 35.8. The predicted octanol–water partition coefficient (Wildman–Crippen LogP) is 5.40. The number of hydrogen-bond acceptors (Lipinski definition) is 10. The second-order valence-corrected chi connectivity index (χ2v) is 16.3. The molecule has 13 heteroatoms. The highest BCUT2D eigenvalue weighted by molar-refractivity contribution is 7.90. The second kappa shape index (κ2) is 15.1. The molecule has 2 aromatic heterocycles. The lowest BCUT2D eigenvalue weighted by atomic mass is 9.84. The van der Waals surface area contributed by atoms with Gasteiger partial charge in [0.2, 0.25) is 5.95 Å². The number of carbonyl (C=O) groups excluding carboxylic acids is 1. The van der Waals surface area contributed by atoms with E-state index in [4.69, 9.17) is 14.7 Å². The van der Waals surface area contributed by atoms with Gasteiger partial charge in [-0.25, -0.2) is 22.8 Å². The van der Waals surface area contributed by atoms with Crippen LogP contribution < -0.4 is 15.1 Å². The molecule has 3 fully saturated rings. The number of fused-ring (bicyclic) bond motifs is 1. The van der Waals surface area contributed by atoms with Gasteiger partial charge < -0.3 is 24.8 Å². The van der Waals surface area contributed by atoms with Crippen LogP contribution in [0.3, 0.4) is 0 Å². The molecule has 3 saturated heterocycles. The van der Waals surface area contributed by atoms with Crippen LogP contribution in [0.5, 0.6) is 0 Å². The Balaban J connectivity index is 1.41. The Morgan fingerprint density at radius 2 is 1.86 bits per heavy atom. The van der Waals surface area contributed by atoms with E-state index in [1.165, 1.54) is 13.4 Å². The van der Waals surface area contributed by atoms with Gasteiger partial charge in [0.1, 0.15) is 27.6 Å². The fraction of sp³-hybridized carbons (Fsp3) is 0.568. The van der Waals surface area contributed by atoms with Gasteiger partial charge in [0.15, 0.2) is 0 Å². The summed E-state index contributed by atoms with van der Waals surface area (Å²) in [5.41, 5.74) is 3.24. The number of hydrogen-bond donors (Lipinski definition) is 1. The van der Waals surface area contributed by atoms with Gasteiger partial charge in [-0.3, -0.25) is 4.79 Å². The number of carbonyl (C=O) groups is 1. The van der Waals surface area contributed by atoms with Gasteiger partial charge in [-0.15, -0.1) is 0 Å². The average Bonchev–Trinajstić information content (AvgIpc) is 3.31. The number of amides is 1. The number of anilines is 4. The van der Waals surface area contributed by atoms with E-state index in [1.54, 1.807) is 19.2 Å². The Bertz CT molecular complexity index is 1890. The molecule has 1 amide bonds. The quantitative estimate of drug-likeness (QED) is 0.290. The van der Waals surface area contributed by atoms with Gasteiger partial charge in [0, 0.05) is 68.9 Å². The molecule has 1 aromatic carbocycles. The van der Waals surface area contributed by atoms with E-state index in [9.17, 15) is 17.6 Å². The van der Waals surface area contributed by atoms with Crippen molar-refractivity contribution in [2.75, 3.05) is 67.0 Å². The third-order valence-electron chi connectivity index (χ3n) is 10.1. The molecular weight excluding hydrogens is 658 g/mol. The van der Waals surface area contributed by atoms with Gasteiger partial charge in [0.25, 0.3) is 5.91 Å². The highest BCUT2D eigenvalue weighted by Crippen LogP contribution is 2.44. The predicted molar refractivity (Wildman–Crippen MR) is 195 cm³/mol. The zero-order chi connectivity index (χ0) is 35.6. The number of likely N-dealkylation sites (tertiary alicyclic amines) is 1. The van der Waals surface area contributed by atoms with E-state index in [0.29, 0.717) is 50.2 Å².